The molecule has 4 heterocycles. The molecule has 0 unspecified atom stereocenters. The van der Waals surface area contributed by atoms with E-state index in [0.29, 0.717) is 13.0 Å². The number of ether oxygens (including phenoxy) is 7. The van der Waals surface area contributed by atoms with Crippen molar-refractivity contribution in [2.75, 3.05) is 40.1 Å². The van der Waals surface area contributed by atoms with Crippen molar-refractivity contribution >= 4 is 39.3 Å². The molecule has 5 rings (SSSR count). The number of aromatic nitrogens is 1. The first-order valence-electron chi connectivity index (χ1n) is 24.8. The van der Waals surface area contributed by atoms with Gasteiger partial charge in [-0.25, -0.2) is 4.98 Å². The Morgan fingerprint density at radius 2 is 1.66 bits per heavy atom. The number of amides is 1. The molecular weight excluding hydrogens is 975 g/mol. The van der Waals surface area contributed by atoms with Crippen molar-refractivity contribution in [3.8, 4) is 5.75 Å². The molecular formula is C50H81N5O17S. The van der Waals surface area contributed by atoms with Crippen LogP contribution in [-0.2, 0) is 38.0 Å². The first-order valence-corrected chi connectivity index (χ1v) is 25.6. The first-order chi connectivity index (χ1) is 33.9. The van der Waals surface area contributed by atoms with E-state index in [4.69, 9.17) is 33.2 Å². The summed E-state index contributed by atoms with van der Waals surface area (Å²) in [6, 6.07) is 5.35. The topological polar surface area (TPSA) is 292 Å². The van der Waals surface area contributed by atoms with Crippen LogP contribution in [0.4, 0.5) is 10.1 Å². The van der Waals surface area contributed by atoms with Gasteiger partial charge in [0.05, 0.1) is 52.0 Å². The van der Waals surface area contributed by atoms with Crippen LogP contribution in [0.15, 0.2) is 30.5 Å². The number of esters is 2. The Kier molecular flexibility index (Phi) is 21.8. The lowest BCUT2D eigenvalue weighted by Gasteiger charge is -2.48. The van der Waals surface area contributed by atoms with Gasteiger partial charge >= 0.3 is 16.9 Å². The molecule has 0 saturated carbocycles. The van der Waals surface area contributed by atoms with Crippen molar-refractivity contribution in [2.45, 2.75) is 192 Å². The largest absolute Gasteiger partial charge is 0.459 e. The predicted octanol–water partition coefficient (Wildman–Crippen LogP) is 4.13. The summed E-state index contributed by atoms with van der Waals surface area (Å²) in [5, 5.41) is 71.0. The zero-order valence-electron chi connectivity index (χ0n) is 44.9. The Bertz CT molecular complexity index is 2150. The number of anilines is 1. The van der Waals surface area contributed by atoms with E-state index in [-0.39, 0.29) is 58.8 Å². The zero-order valence-corrected chi connectivity index (χ0v) is 45.7. The molecule has 1 aromatic heterocycles. The van der Waals surface area contributed by atoms with Crippen LogP contribution in [0.5, 0.6) is 5.75 Å². The highest BCUT2D eigenvalue weighted by Gasteiger charge is 2.53. The summed E-state index contributed by atoms with van der Waals surface area (Å²) in [6.45, 7) is 19.3. The van der Waals surface area contributed by atoms with Crippen LogP contribution in [-0.4, -0.2) is 188 Å². The second-order valence-electron chi connectivity index (χ2n) is 21.0. The number of carbonyl (C=O) groups is 3. The second-order valence-corrected chi connectivity index (χ2v) is 22.0. The van der Waals surface area contributed by atoms with Crippen LogP contribution < -0.4 is 10.1 Å². The number of likely N-dealkylation sites (N-methyl/N-ethyl adjacent to an activating group) is 2. The molecule has 6 N–H and O–H groups in total. The average Bonchev–Trinajstić information content (AvgIpc) is 3.79. The van der Waals surface area contributed by atoms with Crippen molar-refractivity contribution in [1.82, 2.24) is 14.8 Å². The first kappa shape index (κ1) is 61.7. The highest BCUT2D eigenvalue weighted by atomic mass is 32.1. The van der Waals surface area contributed by atoms with Crippen LogP contribution in [0, 0.1) is 27.9 Å². The minimum atomic E-state index is -1.80. The fourth-order valence-corrected chi connectivity index (χ4v) is 10.8. The van der Waals surface area contributed by atoms with Crippen LogP contribution >= 0.6 is 11.3 Å². The maximum atomic E-state index is 14.2. The van der Waals surface area contributed by atoms with E-state index in [1.54, 1.807) is 53.7 Å². The van der Waals surface area contributed by atoms with Crippen LogP contribution in [0.1, 0.15) is 112 Å². The van der Waals surface area contributed by atoms with Gasteiger partial charge in [0.2, 0.25) is 0 Å². The van der Waals surface area contributed by atoms with E-state index in [1.807, 2.05) is 51.7 Å². The lowest BCUT2D eigenvalue weighted by atomic mass is 9.77. The Hall–Kier alpha value is -3.82. The molecule has 1 aromatic carbocycles. The molecule has 3 aliphatic rings. The van der Waals surface area contributed by atoms with Crippen molar-refractivity contribution < 1.29 is 78.0 Å². The number of thiazole rings is 1. The number of hydrogen-bond donors (Lipinski definition) is 6. The molecule has 18 atom stereocenters. The summed E-state index contributed by atoms with van der Waals surface area (Å²) in [4.78, 5) is 54.8. The van der Waals surface area contributed by atoms with Gasteiger partial charge in [0.15, 0.2) is 17.7 Å². The Morgan fingerprint density at radius 3 is 2.23 bits per heavy atom. The Morgan fingerprint density at radius 1 is 1.01 bits per heavy atom. The molecule has 414 valence electrons. The van der Waals surface area contributed by atoms with Crippen molar-refractivity contribution in [1.29, 1.82) is 0 Å². The van der Waals surface area contributed by atoms with Crippen molar-refractivity contribution in [2.24, 2.45) is 17.8 Å². The molecule has 3 aliphatic heterocycles. The minimum absolute atomic E-state index is 0.0873. The maximum absolute atomic E-state index is 14.2. The number of nitro groups is 1. The molecule has 0 bridgehead atoms. The van der Waals surface area contributed by atoms with Gasteiger partial charge in [-0.3, -0.25) is 29.8 Å². The standard InChI is InChI=1S/C38H72N2O12.C12H9N3O5S/c1-15-27-38(10,46)31(42)24(6)40(13)19-20(2)17-36(8,45)33(52-35-29(41)26(39(11)12)16-21(3)48-35)22(4)30(23(5)34(44)50-27)51-28-18-37(9,47-14)32(43)25(7)49-28;1-7(16)20-9-5-3-2-4-8(9)11(17)14-12-13-6-10(21-12)15(18)19/h20-33,35,41-43,45-46H,15-19H2,1-14H3;2-6H,1H3,(H,13,14,17)/t20-,21-,22+,23-,24-,25+,26+,27-,28+,29-,30+,31-,32+,33-,35+,36-,37-,38-;/m1./s1. The summed E-state index contributed by atoms with van der Waals surface area (Å²) < 4.78 is 42.5. The summed E-state index contributed by atoms with van der Waals surface area (Å²) in [5.41, 5.74) is -4.24. The van der Waals surface area contributed by atoms with E-state index >= 15 is 0 Å². The van der Waals surface area contributed by atoms with Crippen molar-refractivity contribution in [3.63, 3.8) is 0 Å². The van der Waals surface area contributed by atoms with Gasteiger partial charge in [-0.1, -0.05) is 32.9 Å². The monoisotopic (exact) mass is 1060 g/mol. The minimum Gasteiger partial charge on any atom is -0.459 e. The Balaban J connectivity index is 0.000000455. The molecule has 3 saturated heterocycles. The number of hydrogen-bond acceptors (Lipinski definition) is 21. The number of para-hydroxylation sites is 1. The van der Waals surface area contributed by atoms with E-state index in [2.05, 4.69) is 10.3 Å². The summed E-state index contributed by atoms with van der Waals surface area (Å²) in [6.07, 6.45) is -7.14. The predicted molar refractivity (Wildman–Crippen MR) is 269 cm³/mol. The number of cyclic esters (lactones) is 1. The number of rotatable bonds is 11. The number of methoxy groups -OCH3 is 1. The third-order valence-electron chi connectivity index (χ3n) is 14.5. The molecule has 23 heteroatoms. The summed E-state index contributed by atoms with van der Waals surface area (Å²) >= 11 is 0.734. The zero-order chi connectivity index (χ0) is 55.1. The van der Waals surface area contributed by atoms with E-state index in [9.17, 15) is 50.0 Å². The lowest BCUT2D eigenvalue weighted by molar-refractivity contribution is -0.380. The van der Waals surface area contributed by atoms with Gasteiger partial charge < -0.3 is 68.5 Å². The highest BCUT2D eigenvalue weighted by Crippen LogP contribution is 2.40. The average molecular weight is 1060 g/mol. The number of nitrogens with zero attached hydrogens (tertiary/aromatic N) is 4. The van der Waals surface area contributed by atoms with Crippen LogP contribution in [0.25, 0.3) is 0 Å². The second kappa shape index (κ2) is 25.8. The van der Waals surface area contributed by atoms with E-state index in [0.717, 1.165) is 17.5 Å². The highest BCUT2D eigenvalue weighted by molar-refractivity contribution is 7.18. The van der Waals surface area contributed by atoms with Gasteiger partial charge in [-0.2, -0.15) is 0 Å². The summed E-state index contributed by atoms with van der Waals surface area (Å²) in [5.74, 6) is -3.61. The third kappa shape index (κ3) is 15.4. The number of aliphatic hydroxyl groups excluding tert-OH is 3. The smallest absolute Gasteiger partial charge is 0.345 e. The lowest BCUT2D eigenvalue weighted by Crippen LogP contribution is -2.60. The summed E-state index contributed by atoms with van der Waals surface area (Å²) in [7, 11) is 7.12. The molecule has 3 fully saturated rings. The SMILES string of the molecule is CC(=O)Oc1ccccc1C(=O)Nc1ncc([N+](=O)[O-])s1.CC[C@H]1OC(=O)[C@H](C)[C@@H](O[C@H]2C[C@@](C)(OC)[C@@H](O)[C@H](C)O2)[C@H](C)[C@@H](O[C@@H]2O[C@H](C)C[C@H](N(C)C)[C@H]2O)[C@](C)(O)C[C@@H](C)CN(C)[C@H](C)[C@@H](O)[C@]1(C)O. The molecule has 2 aromatic rings. The maximum Gasteiger partial charge on any atom is 0.345 e. The number of benzene rings is 1. The van der Waals surface area contributed by atoms with Gasteiger partial charge in [0.25, 0.3) is 5.91 Å². The number of carbonyl (C=O) groups excluding carboxylic acids is 3. The fraction of sp³-hybridized carbons (Fsp3) is 0.760. The normalized spacial score (nSPS) is 38.2. The van der Waals surface area contributed by atoms with Gasteiger partial charge in [0, 0.05) is 45.0 Å². The molecule has 0 aliphatic carbocycles. The number of aliphatic hydroxyl groups is 5. The number of nitrogens with one attached hydrogen (secondary N) is 1. The Labute approximate surface area is 432 Å². The van der Waals surface area contributed by atoms with Crippen LogP contribution in [0.2, 0.25) is 0 Å². The van der Waals surface area contributed by atoms with E-state index < -0.39 is 113 Å². The molecule has 0 spiro atoms. The quantitative estimate of drug-likeness (QED) is 0.0798. The van der Waals surface area contributed by atoms with E-state index in [1.165, 1.54) is 33.1 Å². The van der Waals surface area contributed by atoms with Gasteiger partial charge in [-0.15, -0.1) is 0 Å². The molecule has 1 amide bonds. The van der Waals surface area contributed by atoms with Gasteiger partial charge in [0.1, 0.15) is 42.0 Å². The van der Waals surface area contributed by atoms with Crippen molar-refractivity contribution in [3.05, 3.63) is 46.1 Å². The van der Waals surface area contributed by atoms with Gasteiger partial charge in [-0.05, 0) is 118 Å². The molecule has 0 radical (unpaired) electrons. The molecule has 22 nitrogen and oxygen atoms in total. The van der Waals surface area contributed by atoms with Crippen LogP contribution in [0.3, 0.4) is 0 Å². The molecule has 73 heavy (non-hydrogen) atoms. The third-order valence-corrected chi connectivity index (χ3v) is 15.4. The fourth-order valence-electron chi connectivity index (χ4n) is 10.2.